The van der Waals surface area contributed by atoms with Gasteiger partial charge in [-0.3, -0.25) is 9.79 Å². The number of hydrogen-bond donors (Lipinski definition) is 2. The molecular formula is C20H18F3N5O2. The third-order valence-corrected chi connectivity index (χ3v) is 4.96. The number of alkyl halides is 2. The molecule has 0 spiro atoms. The number of halogens is 3. The van der Waals surface area contributed by atoms with Crippen LogP contribution in [0.3, 0.4) is 0 Å². The van der Waals surface area contributed by atoms with E-state index in [2.05, 4.69) is 20.0 Å². The number of nitrogens with two attached hydrogens (primary N) is 1. The summed E-state index contributed by atoms with van der Waals surface area (Å²) in [6.45, 7) is 4.37. The number of pyridine rings is 1. The molecule has 0 radical (unpaired) electrons. The van der Waals surface area contributed by atoms with E-state index in [1.807, 2.05) is 6.07 Å². The molecule has 1 amide bonds. The van der Waals surface area contributed by atoms with Crippen LogP contribution in [-0.2, 0) is 10.3 Å². The van der Waals surface area contributed by atoms with Crippen LogP contribution in [0.5, 0.6) is 0 Å². The third-order valence-electron chi connectivity index (χ3n) is 4.96. The highest BCUT2D eigenvalue weighted by Gasteiger charge is 2.50. The van der Waals surface area contributed by atoms with Crippen LogP contribution < -0.4 is 11.1 Å². The summed E-state index contributed by atoms with van der Waals surface area (Å²) in [7, 11) is 0. The van der Waals surface area contributed by atoms with Crippen molar-refractivity contribution >= 4 is 17.4 Å². The molecule has 0 saturated heterocycles. The third kappa shape index (κ3) is 3.71. The zero-order valence-corrected chi connectivity index (χ0v) is 16.3. The van der Waals surface area contributed by atoms with E-state index in [1.54, 1.807) is 6.92 Å². The monoisotopic (exact) mass is 417 g/mol. The molecule has 3 rings (SSSR count). The SMILES string of the molecule is Cc1cc(C#N)cnc1C(=O)Nc1ccc(F)c(C2(C)N=C(N)C(F)(F)OC2C)c1. The Bertz CT molecular complexity index is 1100. The highest BCUT2D eigenvalue weighted by Crippen LogP contribution is 2.40. The molecular weight excluding hydrogens is 399 g/mol. The molecule has 1 aliphatic rings. The molecule has 2 aromatic rings. The van der Waals surface area contributed by atoms with Gasteiger partial charge in [0.05, 0.1) is 11.7 Å². The number of amides is 1. The molecule has 0 saturated carbocycles. The average molecular weight is 417 g/mol. The number of nitrogens with zero attached hydrogens (tertiary/aromatic N) is 3. The van der Waals surface area contributed by atoms with Gasteiger partial charge in [-0.1, -0.05) is 0 Å². The number of ether oxygens (including phenoxy) is 1. The number of rotatable bonds is 3. The molecule has 30 heavy (non-hydrogen) atoms. The minimum Gasteiger partial charge on any atom is -0.380 e. The molecule has 7 nitrogen and oxygen atoms in total. The van der Waals surface area contributed by atoms with Crippen molar-refractivity contribution in [1.82, 2.24) is 4.98 Å². The molecule has 10 heteroatoms. The Hall–Kier alpha value is -3.45. The minimum atomic E-state index is -3.75. The number of amidine groups is 1. The first-order chi connectivity index (χ1) is 14.0. The van der Waals surface area contributed by atoms with Crippen LogP contribution in [0.1, 0.15) is 41.0 Å². The van der Waals surface area contributed by atoms with Crippen molar-refractivity contribution in [2.24, 2.45) is 10.7 Å². The number of aromatic nitrogens is 1. The Balaban J connectivity index is 1.96. The van der Waals surface area contributed by atoms with Crippen LogP contribution in [0.25, 0.3) is 0 Å². The molecule has 2 atom stereocenters. The number of aliphatic imine (C=N–C) groups is 1. The number of carbonyl (C=O) groups excluding carboxylic acids is 1. The number of nitriles is 1. The molecule has 3 N–H and O–H groups in total. The van der Waals surface area contributed by atoms with Gasteiger partial charge in [-0.15, -0.1) is 0 Å². The highest BCUT2D eigenvalue weighted by atomic mass is 19.3. The molecule has 1 aromatic carbocycles. The number of benzene rings is 1. The van der Waals surface area contributed by atoms with Gasteiger partial charge in [0, 0.05) is 17.4 Å². The number of nitrogens with one attached hydrogen (secondary N) is 1. The molecule has 156 valence electrons. The molecule has 1 aliphatic heterocycles. The van der Waals surface area contributed by atoms with E-state index in [4.69, 9.17) is 11.0 Å². The minimum absolute atomic E-state index is 0.0734. The summed E-state index contributed by atoms with van der Waals surface area (Å²) < 4.78 is 46.6. The van der Waals surface area contributed by atoms with Gasteiger partial charge in [0.1, 0.15) is 23.1 Å². The van der Waals surface area contributed by atoms with Crippen molar-refractivity contribution in [3.63, 3.8) is 0 Å². The van der Waals surface area contributed by atoms with Crippen LogP contribution >= 0.6 is 0 Å². The zero-order chi connectivity index (χ0) is 22.3. The van der Waals surface area contributed by atoms with Crippen LogP contribution in [0, 0.1) is 24.1 Å². The summed E-state index contributed by atoms with van der Waals surface area (Å²) in [5, 5.41) is 11.5. The fourth-order valence-electron chi connectivity index (χ4n) is 3.14. The van der Waals surface area contributed by atoms with E-state index in [0.29, 0.717) is 11.1 Å². The topological polar surface area (TPSA) is 113 Å². The van der Waals surface area contributed by atoms with Crippen molar-refractivity contribution in [1.29, 1.82) is 5.26 Å². The number of anilines is 1. The standard InChI is InChI=1S/C20H18F3N5O2/c1-10-6-12(8-24)9-26-16(10)17(29)27-13-4-5-15(21)14(7-13)19(3)11(2)30-20(22,23)18(25)28-19/h4-7,9,11H,1-3H3,(H2,25,28)(H,27,29). The fourth-order valence-corrected chi connectivity index (χ4v) is 3.14. The molecule has 0 aliphatic carbocycles. The zero-order valence-electron chi connectivity index (χ0n) is 16.3. The Morgan fingerprint density at radius 3 is 2.70 bits per heavy atom. The van der Waals surface area contributed by atoms with Crippen molar-refractivity contribution in [2.75, 3.05) is 5.32 Å². The summed E-state index contributed by atoms with van der Waals surface area (Å²) in [5.74, 6) is -2.36. The lowest BCUT2D eigenvalue weighted by molar-refractivity contribution is -0.231. The second-order valence-electron chi connectivity index (χ2n) is 7.07. The predicted molar refractivity (Wildman–Crippen MR) is 103 cm³/mol. The first kappa shape index (κ1) is 21.3. The summed E-state index contributed by atoms with van der Waals surface area (Å²) in [5.41, 5.74) is 4.78. The lowest BCUT2D eigenvalue weighted by Gasteiger charge is -2.39. The lowest BCUT2D eigenvalue weighted by Crippen LogP contribution is -2.52. The lowest BCUT2D eigenvalue weighted by atomic mass is 9.86. The number of aryl methyl sites for hydroxylation is 1. The van der Waals surface area contributed by atoms with E-state index in [9.17, 15) is 18.0 Å². The van der Waals surface area contributed by atoms with Crippen LogP contribution in [-0.4, -0.2) is 28.9 Å². The maximum Gasteiger partial charge on any atom is 0.415 e. The van der Waals surface area contributed by atoms with E-state index < -0.39 is 35.3 Å². The predicted octanol–water partition coefficient (Wildman–Crippen LogP) is 3.24. The van der Waals surface area contributed by atoms with Crippen molar-refractivity contribution in [3.05, 3.63) is 58.7 Å². The Morgan fingerprint density at radius 2 is 2.07 bits per heavy atom. The highest BCUT2D eigenvalue weighted by molar-refractivity contribution is 6.03. The van der Waals surface area contributed by atoms with E-state index in [-0.39, 0.29) is 16.9 Å². The normalized spacial score (nSPS) is 22.7. The summed E-state index contributed by atoms with van der Waals surface area (Å²) >= 11 is 0. The largest absolute Gasteiger partial charge is 0.415 e. The van der Waals surface area contributed by atoms with Crippen LogP contribution in [0.2, 0.25) is 0 Å². The molecule has 1 aromatic heterocycles. The number of hydrogen-bond acceptors (Lipinski definition) is 6. The summed E-state index contributed by atoms with van der Waals surface area (Å²) in [6.07, 6.45) is -3.69. The maximum absolute atomic E-state index is 14.6. The summed E-state index contributed by atoms with van der Waals surface area (Å²) in [6, 6.07) is 7.12. The van der Waals surface area contributed by atoms with Gasteiger partial charge in [-0.25, -0.2) is 9.37 Å². The van der Waals surface area contributed by atoms with E-state index in [1.165, 1.54) is 38.2 Å². The van der Waals surface area contributed by atoms with Crippen molar-refractivity contribution < 1.29 is 22.7 Å². The van der Waals surface area contributed by atoms with Crippen molar-refractivity contribution in [3.8, 4) is 6.07 Å². The fraction of sp³-hybridized carbons (Fsp3) is 0.300. The number of carbonyl (C=O) groups is 1. The van der Waals surface area contributed by atoms with Gasteiger partial charge in [0.15, 0.2) is 5.84 Å². The second kappa shape index (κ2) is 7.42. The van der Waals surface area contributed by atoms with Crippen molar-refractivity contribution in [2.45, 2.75) is 38.5 Å². The Labute approximate surface area is 170 Å². The first-order valence-electron chi connectivity index (χ1n) is 8.87. The first-order valence-corrected chi connectivity index (χ1v) is 8.87. The quantitative estimate of drug-likeness (QED) is 0.796. The second-order valence-corrected chi connectivity index (χ2v) is 7.07. The molecule has 2 unspecified atom stereocenters. The van der Waals surface area contributed by atoms with E-state index in [0.717, 1.165) is 6.07 Å². The Morgan fingerprint density at radius 1 is 1.37 bits per heavy atom. The van der Waals surface area contributed by atoms with Gasteiger partial charge in [0.2, 0.25) is 0 Å². The van der Waals surface area contributed by atoms with Gasteiger partial charge >= 0.3 is 6.11 Å². The maximum atomic E-state index is 14.6. The van der Waals surface area contributed by atoms with Gasteiger partial charge in [-0.2, -0.15) is 14.0 Å². The van der Waals surface area contributed by atoms with Crippen LogP contribution in [0.15, 0.2) is 35.5 Å². The molecule has 2 heterocycles. The summed E-state index contributed by atoms with van der Waals surface area (Å²) in [4.78, 5) is 20.4. The molecule has 0 bridgehead atoms. The smallest absolute Gasteiger partial charge is 0.380 e. The average Bonchev–Trinajstić information content (AvgIpc) is 2.67. The Kier molecular flexibility index (Phi) is 5.26. The van der Waals surface area contributed by atoms with Gasteiger partial charge in [0.25, 0.3) is 5.91 Å². The van der Waals surface area contributed by atoms with Gasteiger partial charge < -0.3 is 15.8 Å². The van der Waals surface area contributed by atoms with E-state index >= 15 is 0 Å². The van der Waals surface area contributed by atoms with Gasteiger partial charge in [-0.05, 0) is 50.6 Å². The molecule has 0 fully saturated rings. The van der Waals surface area contributed by atoms with Crippen LogP contribution in [0.4, 0.5) is 18.9 Å².